The van der Waals surface area contributed by atoms with Crippen LogP contribution in [0.1, 0.15) is 13.8 Å². The molecule has 0 unspecified atom stereocenters. The van der Waals surface area contributed by atoms with Crippen LogP contribution in [0, 0.1) is 5.41 Å². The van der Waals surface area contributed by atoms with Crippen LogP contribution in [0.4, 0.5) is 0 Å². The molecule has 1 heterocycles. The summed E-state index contributed by atoms with van der Waals surface area (Å²) >= 11 is 0. The highest BCUT2D eigenvalue weighted by Crippen LogP contribution is 2.20. The minimum absolute atomic E-state index is 0.238. The Hall–Kier alpha value is -1.15. The minimum atomic E-state index is 0.238. The van der Waals surface area contributed by atoms with Gasteiger partial charge in [-0.15, -0.1) is 0 Å². The Morgan fingerprint density at radius 2 is 2.36 bits per heavy atom. The van der Waals surface area contributed by atoms with E-state index in [0.717, 1.165) is 13.1 Å². The van der Waals surface area contributed by atoms with Crippen LogP contribution in [-0.4, -0.2) is 19.3 Å². The minimum Gasteiger partial charge on any atom is -0.312 e. The van der Waals surface area contributed by atoms with Gasteiger partial charge in [0.25, 0.3) is 0 Å². The Labute approximate surface area is 86.1 Å². The van der Waals surface area contributed by atoms with Crippen LogP contribution in [-0.2, 0) is 0 Å². The average molecular weight is 190 g/mol. The van der Waals surface area contributed by atoms with E-state index in [9.17, 15) is 0 Å². The maximum Gasteiger partial charge on any atom is 0.0309 e. The first-order valence-electron chi connectivity index (χ1n) is 4.87. The lowest BCUT2D eigenvalue weighted by Gasteiger charge is -2.26. The lowest BCUT2D eigenvalue weighted by molar-refractivity contribution is 0.423. The number of hydrogen-bond acceptors (Lipinski definition) is 2. The molecule has 76 valence electrons. The van der Waals surface area contributed by atoms with Crippen LogP contribution in [0.2, 0.25) is 0 Å². The first-order chi connectivity index (χ1) is 6.64. The summed E-state index contributed by atoms with van der Waals surface area (Å²) < 4.78 is 0. The second-order valence-corrected chi connectivity index (χ2v) is 4.17. The molecule has 0 aromatic carbocycles. The molecule has 2 heteroatoms. The molecule has 2 nitrogen and oxygen atoms in total. The van der Waals surface area contributed by atoms with Crippen LogP contribution in [0.3, 0.4) is 0 Å². The summed E-state index contributed by atoms with van der Waals surface area (Å²) in [6.45, 7) is 9.96. The van der Waals surface area contributed by atoms with Crippen molar-refractivity contribution in [3.8, 4) is 0 Å². The molecule has 1 N–H and O–H groups in total. The van der Waals surface area contributed by atoms with Crippen molar-refractivity contribution in [3.63, 3.8) is 0 Å². The topological polar surface area (TPSA) is 24.4 Å². The predicted molar refractivity (Wildman–Crippen MR) is 62.6 cm³/mol. The number of nitrogens with zero attached hydrogens (tertiary/aromatic N) is 1. The van der Waals surface area contributed by atoms with Gasteiger partial charge in [0.2, 0.25) is 0 Å². The molecule has 0 aromatic rings. The molecule has 0 fully saturated rings. The van der Waals surface area contributed by atoms with Crippen molar-refractivity contribution in [2.75, 3.05) is 13.1 Å². The van der Waals surface area contributed by atoms with Crippen LogP contribution < -0.4 is 5.32 Å². The zero-order valence-electron chi connectivity index (χ0n) is 8.96. The lowest BCUT2D eigenvalue weighted by Crippen LogP contribution is -2.34. The van der Waals surface area contributed by atoms with Crippen molar-refractivity contribution in [2.24, 2.45) is 10.4 Å². The monoisotopic (exact) mass is 190 g/mol. The second kappa shape index (κ2) is 4.91. The van der Waals surface area contributed by atoms with E-state index in [1.165, 1.54) is 5.57 Å². The predicted octanol–water partition coefficient (Wildman–Crippen LogP) is 2.31. The van der Waals surface area contributed by atoms with Gasteiger partial charge in [0, 0.05) is 25.5 Å². The third kappa shape index (κ3) is 3.71. The number of aliphatic imine (C=N–C) groups is 1. The highest BCUT2D eigenvalue weighted by molar-refractivity contribution is 5.80. The SMILES string of the molecule is C=C/C=C\N=C/C1=CC(C)(C)CNC1. The van der Waals surface area contributed by atoms with E-state index < -0.39 is 0 Å². The Kier molecular flexibility index (Phi) is 3.84. The highest BCUT2D eigenvalue weighted by atomic mass is 14.9. The maximum absolute atomic E-state index is 4.17. The molecule has 0 saturated heterocycles. The zero-order valence-corrected chi connectivity index (χ0v) is 8.96. The van der Waals surface area contributed by atoms with Gasteiger partial charge >= 0.3 is 0 Å². The number of nitrogens with one attached hydrogen (secondary N) is 1. The fraction of sp³-hybridized carbons (Fsp3) is 0.417. The molecule has 1 aliphatic rings. The molecule has 14 heavy (non-hydrogen) atoms. The molecule has 0 radical (unpaired) electrons. The molecule has 0 aliphatic carbocycles. The van der Waals surface area contributed by atoms with Gasteiger partial charge in [0.05, 0.1) is 0 Å². The summed E-state index contributed by atoms with van der Waals surface area (Å²) in [6, 6.07) is 0. The summed E-state index contributed by atoms with van der Waals surface area (Å²) in [6.07, 6.45) is 9.45. The summed E-state index contributed by atoms with van der Waals surface area (Å²) in [5.41, 5.74) is 1.48. The molecule has 0 aromatic heterocycles. The van der Waals surface area contributed by atoms with E-state index in [1.807, 2.05) is 12.3 Å². The molecule has 1 rings (SSSR count). The summed E-state index contributed by atoms with van der Waals surface area (Å²) in [7, 11) is 0. The Morgan fingerprint density at radius 3 is 3.00 bits per heavy atom. The van der Waals surface area contributed by atoms with E-state index in [4.69, 9.17) is 0 Å². The van der Waals surface area contributed by atoms with Gasteiger partial charge in [-0.2, -0.15) is 0 Å². The third-order valence-electron chi connectivity index (χ3n) is 2.03. The van der Waals surface area contributed by atoms with E-state index in [0.29, 0.717) is 0 Å². The van der Waals surface area contributed by atoms with Crippen molar-refractivity contribution >= 4 is 6.21 Å². The van der Waals surface area contributed by atoms with E-state index >= 15 is 0 Å². The Morgan fingerprint density at radius 1 is 1.57 bits per heavy atom. The molecule has 0 atom stereocenters. The largest absolute Gasteiger partial charge is 0.312 e. The summed E-state index contributed by atoms with van der Waals surface area (Å²) in [5, 5.41) is 3.36. The molecule has 1 aliphatic heterocycles. The Bertz CT molecular complexity index is 283. The second-order valence-electron chi connectivity index (χ2n) is 4.17. The molecule has 0 spiro atoms. The van der Waals surface area contributed by atoms with Gasteiger partial charge < -0.3 is 5.32 Å². The number of hydrogen-bond donors (Lipinski definition) is 1. The van der Waals surface area contributed by atoms with Crippen molar-refractivity contribution in [1.82, 2.24) is 5.32 Å². The van der Waals surface area contributed by atoms with Gasteiger partial charge in [-0.05, 0) is 17.1 Å². The quantitative estimate of drug-likeness (QED) is 0.536. The molecule has 0 amide bonds. The van der Waals surface area contributed by atoms with Gasteiger partial charge in [-0.1, -0.05) is 32.6 Å². The zero-order chi connectivity index (χ0) is 10.4. The third-order valence-corrected chi connectivity index (χ3v) is 2.03. The van der Waals surface area contributed by atoms with Crippen LogP contribution >= 0.6 is 0 Å². The highest BCUT2D eigenvalue weighted by Gasteiger charge is 2.18. The van der Waals surface area contributed by atoms with Gasteiger partial charge in [0.1, 0.15) is 0 Å². The Balaban J connectivity index is 2.60. The number of rotatable bonds is 3. The fourth-order valence-electron chi connectivity index (χ4n) is 1.47. The van der Waals surface area contributed by atoms with Crippen LogP contribution in [0.5, 0.6) is 0 Å². The van der Waals surface area contributed by atoms with E-state index in [-0.39, 0.29) is 5.41 Å². The van der Waals surface area contributed by atoms with Gasteiger partial charge in [-0.25, -0.2) is 0 Å². The molecular weight excluding hydrogens is 172 g/mol. The van der Waals surface area contributed by atoms with Crippen molar-refractivity contribution < 1.29 is 0 Å². The van der Waals surface area contributed by atoms with Gasteiger partial charge in [-0.3, -0.25) is 4.99 Å². The normalized spacial score (nSPS) is 21.4. The summed E-state index contributed by atoms with van der Waals surface area (Å²) in [5.74, 6) is 0. The molecule has 0 saturated carbocycles. The van der Waals surface area contributed by atoms with E-state index in [2.05, 4.69) is 36.8 Å². The summed E-state index contributed by atoms with van der Waals surface area (Å²) in [4.78, 5) is 4.17. The fourth-order valence-corrected chi connectivity index (χ4v) is 1.47. The first kappa shape index (κ1) is 10.9. The molecule has 0 bridgehead atoms. The smallest absolute Gasteiger partial charge is 0.0309 e. The standard InChI is InChI=1S/C12H18N2/c1-4-5-6-13-8-11-7-12(2,3)10-14-9-11/h4-8,14H,1,9-10H2,2-3H3/b6-5-,13-8-. The van der Waals surface area contributed by atoms with E-state index in [1.54, 1.807) is 12.3 Å². The van der Waals surface area contributed by atoms with Crippen molar-refractivity contribution in [3.05, 3.63) is 36.6 Å². The van der Waals surface area contributed by atoms with Crippen LogP contribution in [0.25, 0.3) is 0 Å². The maximum atomic E-state index is 4.17. The molecular formula is C12H18N2. The van der Waals surface area contributed by atoms with Crippen molar-refractivity contribution in [2.45, 2.75) is 13.8 Å². The number of allylic oxidation sites excluding steroid dienone is 2. The van der Waals surface area contributed by atoms with Crippen LogP contribution in [0.15, 0.2) is 41.6 Å². The first-order valence-corrected chi connectivity index (χ1v) is 4.87. The van der Waals surface area contributed by atoms with Gasteiger partial charge in [0.15, 0.2) is 0 Å². The lowest BCUT2D eigenvalue weighted by atomic mass is 9.88. The van der Waals surface area contributed by atoms with Crippen molar-refractivity contribution in [1.29, 1.82) is 0 Å². The average Bonchev–Trinajstić information content (AvgIpc) is 2.11.